The van der Waals surface area contributed by atoms with Crippen LogP contribution in [0.15, 0.2) is 41.2 Å². The molecule has 0 unspecified atom stereocenters. The van der Waals surface area contributed by atoms with Gasteiger partial charge >= 0.3 is 0 Å². The molecule has 1 aliphatic carbocycles. The molecule has 0 radical (unpaired) electrons. The topological polar surface area (TPSA) is 89.6 Å². The average molecular weight is 576 g/mol. The molecule has 34 heavy (non-hydrogen) atoms. The molecule has 7 nitrogen and oxygen atoms in total. The minimum atomic E-state index is -0.497. The van der Waals surface area contributed by atoms with Crippen molar-refractivity contribution in [2.45, 2.75) is 32.7 Å². The van der Waals surface area contributed by atoms with Crippen LogP contribution >= 0.6 is 22.6 Å². The molecule has 178 valence electrons. The summed E-state index contributed by atoms with van der Waals surface area (Å²) >= 11 is 2.02. The zero-order valence-corrected chi connectivity index (χ0v) is 21.6. The highest BCUT2D eigenvalue weighted by atomic mass is 127. The molecule has 1 heterocycles. The summed E-state index contributed by atoms with van der Waals surface area (Å²) in [5.74, 6) is -0.0902. The molecule has 0 saturated heterocycles. The number of nitrogens with one attached hydrogen (secondary N) is 1. The smallest absolute Gasteiger partial charge is 0.261 e. The van der Waals surface area contributed by atoms with Gasteiger partial charge in [-0.15, -0.1) is 0 Å². The average Bonchev–Trinajstić information content (AvgIpc) is 3.64. The van der Waals surface area contributed by atoms with Crippen LogP contribution in [0.5, 0.6) is 11.5 Å². The Hall–Kier alpha value is -3.08. The molecule has 1 saturated carbocycles. The SMILES string of the molecule is Cc1c(N)cccc1Oc1c(C(=O)N(C)C2CC2)c(Nc2ccc(I)cc2F)n(C)c(=O)c1C. The number of amides is 1. The van der Waals surface area contributed by atoms with Crippen molar-refractivity contribution in [1.82, 2.24) is 9.47 Å². The Morgan fingerprint density at radius 3 is 2.59 bits per heavy atom. The molecule has 1 amide bonds. The van der Waals surface area contributed by atoms with E-state index in [0.717, 1.165) is 16.4 Å². The van der Waals surface area contributed by atoms with Crippen LogP contribution in [0.1, 0.15) is 34.3 Å². The van der Waals surface area contributed by atoms with E-state index in [0.29, 0.717) is 17.0 Å². The van der Waals surface area contributed by atoms with Gasteiger partial charge in [0.2, 0.25) is 0 Å². The van der Waals surface area contributed by atoms with Crippen LogP contribution in [0.25, 0.3) is 0 Å². The van der Waals surface area contributed by atoms with Gasteiger partial charge in [0, 0.05) is 35.0 Å². The Kier molecular flexibility index (Phi) is 6.57. The summed E-state index contributed by atoms with van der Waals surface area (Å²) in [7, 11) is 3.27. The Balaban J connectivity index is 1.94. The van der Waals surface area contributed by atoms with Crippen LogP contribution < -0.4 is 21.3 Å². The van der Waals surface area contributed by atoms with Crippen molar-refractivity contribution in [3.63, 3.8) is 0 Å². The number of rotatable bonds is 6. The van der Waals surface area contributed by atoms with Crippen molar-refractivity contribution in [3.8, 4) is 11.5 Å². The van der Waals surface area contributed by atoms with Gasteiger partial charge in [-0.1, -0.05) is 6.07 Å². The lowest BCUT2D eigenvalue weighted by molar-refractivity contribution is 0.0782. The number of anilines is 3. The van der Waals surface area contributed by atoms with Crippen LogP contribution in [0, 0.1) is 23.2 Å². The van der Waals surface area contributed by atoms with E-state index >= 15 is 0 Å². The molecule has 1 aromatic heterocycles. The van der Waals surface area contributed by atoms with Gasteiger partial charge in [-0.25, -0.2) is 4.39 Å². The highest BCUT2D eigenvalue weighted by molar-refractivity contribution is 14.1. The van der Waals surface area contributed by atoms with E-state index in [1.165, 1.54) is 10.6 Å². The standard InChI is InChI=1S/C25H26FIN4O3/c1-13-18(28)6-5-7-20(13)34-22-14(2)24(32)31(4)23(21(22)25(33)30(3)16-9-10-16)29-19-11-8-15(27)12-17(19)26/h5-8,11-12,16,29H,9-10,28H2,1-4H3. The van der Waals surface area contributed by atoms with Gasteiger partial charge in [0.05, 0.1) is 11.3 Å². The van der Waals surface area contributed by atoms with E-state index in [-0.39, 0.29) is 45.9 Å². The number of carbonyl (C=O) groups excluding carboxylic acids is 1. The first kappa shape index (κ1) is 24.1. The molecule has 9 heteroatoms. The van der Waals surface area contributed by atoms with E-state index in [1.807, 2.05) is 22.6 Å². The van der Waals surface area contributed by atoms with Gasteiger partial charge < -0.3 is 20.7 Å². The molecule has 0 spiro atoms. The Bertz CT molecular complexity index is 1350. The summed E-state index contributed by atoms with van der Waals surface area (Å²) in [5, 5.41) is 2.98. The molecule has 0 aliphatic heterocycles. The van der Waals surface area contributed by atoms with Gasteiger partial charge in [0.15, 0.2) is 5.75 Å². The third kappa shape index (κ3) is 4.48. The molecular weight excluding hydrogens is 550 g/mol. The van der Waals surface area contributed by atoms with Crippen molar-refractivity contribution >= 4 is 45.7 Å². The number of nitrogens with two attached hydrogens (primary N) is 1. The van der Waals surface area contributed by atoms with Crippen LogP contribution in [-0.2, 0) is 7.05 Å². The molecule has 4 rings (SSSR count). The van der Waals surface area contributed by atoms with Crippen LogP contribution in [0.4, 0.5) is 21.6 Å². The van der Waals surface area contributed by atoms with Gasteiger partial charge in [0.1, 0.15) is 22.9 Å². The third-order valence-electron chi connectivity index (χ3n) is 6.12. The normalized spacial score (nSPS) is 13.0. The zero-order valence-electron chi connectivity index (χ0n) is 19.4. The fourth-order valence-corrected chi connectivity index (χ4v) is 4.21. The minimum Gasteiger partial charge on any atom is -0.456 e. The number of carbonyl (C=O) groups is 1. The van der Waals surface area contributed by atoms with Gasteiger partial charge in [-0.3, -0.25) is 14.2 Å². The summed E-state index contributed by atoms with van der Waals surface area (Å²) in [5.41, 5.74) is 7.48. The van der Waals surface area contributed by atoms with Crippen LogP contribution in [0.3, 0.4) is 0 Å². The lowest BCUT2D eigenvalue weighted by atomic mass is 10.1. The third-order valence-corrected chi connectivity index (χ3v) is 6.79. The van der Waals surface area contributed by atoms with Crippen molar-refractivity contribution in [2.75, 3.05) is 18.1 Å². The largest absolute Gasteiger partial charge is 0.456 e. The molecule has 3 aromatic rings. The second kappa shape index (κ2) is 9.28. The Morgan fingerprint density at radius 2 is 1.94 bits per heavy atom. The van der Waals surface area contributed by atoms with Gasteiger partial charge in [-0.05, 0) is 79.6 Å². The highest BCUT2D eigenvalue weighted by Crippen LogP contribution is 2.38. The number of halogens is 2. The van der Waals surface area contributed by atoms with Crippen molar-refractivity contribution in [3.05, 3.63) is 72.8 Å². The lowest BCUT2D eigenvalue weighted by Crippen LogP contribution is -2.33. The molecule has 3 N–H and O–H groups in total. The molecule has 1 fully saturated rings. The number of ether oxygens (including phenoxy) is 1. The van der Waals surface area contributed by atoms with Crippen molar-refractivity contribution < 1.29 is 13.9 Å². The van der Waals surface area contributed by atoms with Gasteiger partial charge in [0.25, 0.3) is 11.5 Å². The number of aromatic nitrogens is 1. The first-order chi connectivity index (χ1) is 16.1. The lowest BCUT2D eigenvalue weighted by Gasteiger charge is -2.25. The van der Waals surface area contributed by atoms with E-state index < -0.39 is 5.82 Å². The second-order valence-electron chi connectivity index (χ2n) is 8.51. The number of pyridine rings is 1. The summed E-state index contributed by atoms with van der Waals surface area (Å²) in [6.07, 6.45) is 1.82. The monoisotopic (exact) mass is 576 g/mol. The number of hydrogen-bond acceptors (Lipinski definition) is 5. The number of nitrogen functional groups attached to an aromatic ring is 1. The fraction of sp³-hybridized carbons (Fsp3) is 0.280. The molecule has 1 aliphatic rings. The fourth-order valence-electron chi connectivity index (χ4n) is 3.76. The Morgan fingerprint density at radius 1 is 1.24 bits per heavy atom. The van der Waals surface area contributed by atoms with E-state index in [1.54, 1.807) is 63.2 Å². The highest BCUT2D eigenvalue weighted by Gasteiger charge is 2.35. The van der Waals surface area contributed by atoms with Crippen molar-refractivity contribution in [1.29, 1.82) is 0 Å². The second-order valence-corrected chi connectivity index (χ2v) is 9.76. The first-order valence-electron chi connectivity index (χ1n) is 10.9. The van der Waals surface area contributed by atoms with E-state index in [9.17, 15) is 14.0 Å². The number of benzene rings is 2. The van der Waals surface area contributed by atoms with Crippen LogP contribution in [0.2, 0.25) is 0 Å². The number of nitrogens with zero attached hydrogens (tertiary/aromatic N) is 2. The van der Waals surface area contributed by atoms with Crippen molar-refractivity contribution in [2.24, 2.45) is 7.05 Å². The summed E-state index contributed by atoms with van der Waals surface area (Å²) < 4.78 is 23.0. The zero-order chi connectivity index (χ0) is 24.7. The molecular formula is C25H26FIN4O3. The predicted octanol–water partition coefficient (Wildman–Crippen LogP) is 5.10. The maximum Gasteiger partial charge on any atom is 0.261 e. The quantitative estimate of drug-likeness (QED) is 0.315. The molecule has 0 atom stereocenters. The maximum atomic E-state index is 14.7. The summed E-state index contributed by atoms with van der Waals surface area (Å²) in [6.45, 7) is 3.42. The molecule has 0 bridgehead atoms. The number of hydrogen-bond donors (Lipinski definition) is 2. The maximum absolute atomic E-state index is 14.7. The molecule has 2 aromatic carbocycles. The van der Waals surface area contributed by atoms with E-state index in [2.05, 4.69) is 5.32 Å². The minimum absolute atomic E-state index is 0.120. The summed E-state index contributed by atoms with van der Waals surface area (Å²) in [4.78, 5) is 28.5. The van der Waals surface area contributed by atoms with Crippen LogP contribution in [-0.4, -0.2) is 28.5 Å². The summed E-state index contributed by atoms with van der Waals surface area (Å²) in [6, 6.07) is 10.0. The first-order valence-corrected chi connectivity index (χ1v) is 11.9. The Labute approximate surface area is 210 Å². The van der Waals surface area contributed by atoms with Gasteiger partial charge in [-0.2, -0.15) is 0 Å². The van der Waals surface area contributed by atoms with E-state index in [4.69, 9.17) is 10.5 Å². The predicted molar refractivity (Wildman–Crippen MR) is 140 cm³/mol.